The van der Waals surface area contributed by atoms with E-state index < -0.39 is 12.6 Å². The molecule has 0 spiro atoms. The van der Waals surface area contributed by atoms with Gasteiger partial charge in [-0.3, -0.25) is 0 Å². The predicted molar refractivity (Wildman–Crippen MR) is 48.4 cm³/mol. The molecule has 1 fully saturated rings. The molecule has 0 aromatic carbocycles. The summed E-state index contributed by atoms with van der Waals surface area (Å²) < 4.78 is 35.6. The maximum absolute atomic E-state index is 11.9. The van der Waals surface area contributed by atoms with Crippen LogP contribution in [0.2, 0.25) is 0 Å². The first-order valence-corrected chi connectivity index (χ1v) is 5.45. The van der Waals surface area contributed by atoms with Crippen LogP contribution in [0.15, 0.2) is 0 Å². The van der Waals surface area contributed by atoms with Crippen LogP contribution >= 0.6 is 11.8 Å². The van der Waals surface area contributed by atoms with Gasteiger partial charge >= 0.3 is 58.4 Å². The molecule has 0 aromatic heterocycles. The van der Waals surface area contributed by atoms with E-state index in [1.54, 1.807) is 0 Å². The van der Waals surface area contributed by atoms with Crippen molar-refractivity contribution in [2.24, 2.45) is 0 Å². The van der Waals surface area contributed by atoms with Gasteiger partial charge in [0.1, 0.15) is 0 Å². The van der Waals surface area contributed by atoms with E-state index in [4.69, 9.17) is 0 Å². The van der Waals surface area contributed by atoms with Crippen LogP contribution in [-0.2, 0) is 0 Å². The van der Waals surface area contributed by atoms with Crippen LogP contribution in [0.1, 0.15) is 32.1 Å². The van der Waals surface area contributed by atoms with E-state index in [1.807, 2.05) is 0 Å². The third-order valence-corrected chi connectivity index (χ3v) is 3.59. The van der Waals surface area contributed by atoms with Crippen LogP contribution in [0.3, 0.4) is 0 Å². The van der Waals surface area contributed by atoms with E-state index in [-0.39, 0.29) is 56.6 Å². The molecule has 0 nitrogen and oxygen atoms in total. The quantitative estimate of drug-likeness (QED) is 0.641. The van der Waals surface area contributed by atoms with E-state index in [2.05, 4.69) is 0 Å². The largest absolute Gasteiger partial charge is 1.00 e. The normalized spacial score (nSPS) is 19.6. The smallest absolute Gasteiger partial charge is 0.448 e. The van der Waals surface area contributed by atoms with Gasteiger partial charge in [0.2, 0.25) is 0 Å². The van der Waals surface area contributed by atoms with E-state index in [0.717, 1.165) is 37.4 Å². The molecule has 0 bridgehead atoms. The Morgan fingerprint density at radius 1 is 1.08 bits per heavy atom. The Labute approximate surface area is 124 Å². The number of hydrogen-bond acceptors (Lipinski definition) is 1. The van der Waals surface area contributed by atoms with Gasteiger partial charge in [-0.25, -0.2) is 0 Å². The Hall–Kier alpha value is 1.84. The van der Waals surface area contributed by atoms with Crippen molar-refractivity contribution in [2.45, 2.75) is 37.4 Å². The fraction of sp³-hybridized carbons (Fsp3) is 1.00. The van der Waals surface area contributed by atoms with Crippen molar-refractivity contribution >= 4 is 18.7 Å². The molecule has 0 heterocycles. The molecule has 1 rings (SSSR count). The second-order valence-electron chi connectivity index (χ2n) is 3.30. The van der Waals surface area contributed by atoms with Crippen molar-refractivity contribution in [1.82, 2.24) is 0 Å². The van der Waals surface area contributed by atoms with Crippen LogP contribution in [0.5, 0.6) is 0 Å². The topological polar surface area (TPSA) is 0 Å². The molecule has 1 aliphatic rings. The van der Waals surface area contributed by atoms with E-state index in [1.165, 1.54) is 6.42 Å². The fourth-order valence-electron chi connectivity index (χ4n) is 1.48. The summed E-state index contributed by atoms with van der Waals surface area (Å²) in [5.41, 5.74) is -0.606. The van der Waals surface area contributed by atoms with Crippen LogP contribution in [-0.4, -0.2) is 17.9 Å². The Balaban J connectivity index is 0.00000144. The van der Waals surface area contributed by atoms with Gasteiger partial charge in [0.05, 0.1) is 0 Å². The summed E-state index contributed by atoms with van der Waals surface area (Å²) in [6, 6.07) is 0. The molecule has 6 heteroatoms. The van der Waals surface area contributed by atoms with Crippen molar-refractivity contribution in [3.8, 4) is 0 Å². The molecule has 0 amide bonds. The summed E-state index contributed by atoms with van der Waals surface area (Å²) in [7, 11) is 0. The van der Waals surface area contributed by atoms with Gasteiger partial charge < -0.3 is 12.9 Å². The second-order valence-corrected chi connectivity index (χ2v) is 4.64. The van der Waals surface area contributed by atoms with Crippen molar-refractivity contribution in [2.75, 3.05) is 5.65 Å². The van der Waals surface area contributed by atoms with Crippen molar-refractivity contribution < 1.29 is 64.3 Å². The van der Waals surface area contributed by atoms with Crippen molar-refractivity contribution in [3.05, 3.63) is 0 Å². The monoisotopic (exact) mass is 236 g/mol. The van der Waals surface area contributed by atoms with Crippen molar-refractivity contribution in [3.63, 3.8) is 0 Å². The van der Waals surface area contributed by atoms with E-state index >= 15 is 0 Å². The summed E-state index contributed by atoms with van der Waals surface area (Å²) >= 11 is 1.11. The molecule has 0 aromatic rings. The maximum Gasteiger partial charge on any atom is 1.00 e. The van der Waals surface area contributed by atoms with Gasteiger partial charge in [-0.15, -0.1) is 0 Å². The summed E-state index contributed by atoms with van der Waals surface area (Å²) in [4.78, 5) is 0. The average molecular weight is 236 g/mol. The zero-order valence-corrected chi connectivity index (χ0v) is 11.9. The zero-order chi connectivity index (χ0) is 9.03. The van der Waals surface area contributed by atoms with Gasteiger partial charge in [0.15, 0.2) is 0 Å². The van der Waals surface area contributed by atoms with Gasteiger partial charge in [-0.1, -0.05) is 19.3 Å². The Kier molecular flexibility index (Phi) is 8.19. The molecule has 72 valence electrons. The summed E-state index contributed by atoms with van der Waals surface area (Å²) in [5, 5.41) is 0.280. The molecule has 13 heavy (non-hydrogen) atoms. The van der Waals surface area contributed by atoms with Gasteiger partial charge in [0.25, 0.3) is 0 Å². The molecule has 0 aliphatic heterocycles. The first kappa shape index (κ1) is 14.8. The predicted octanol–water partition coefficient (Wildman–Crippen LogP) is 0.443. The number of rotatable bonds is 3. The Morgan fingerprint density at radius 2 is 1.62 bits per heavy atom. The third-order valence-electron chi connectivity index (χ3n) is 2.07. The SMILES string of the molecule is F[B-](F)(F)CSC1CCCCC1.[K+]. The molecule has 1 aliphatic carbocycles. The summed E-state index contributed by atoms with van der Waals surface area (Å²) in [6.07, 6.45) is 5.40. The van der Waals surface area contributed by atoms with Crippen LogP contribution in [0, 0.1) is 0 Å². The number of hydrogen-bond donors (Lipinski definition) is 0. The molecular formula is C7H13BF3KS. The minimum Gasteiger partial charge on any atom is -0.448 e. The molecule has 1 saturated carbocycles. The maximum atomic E-state index is 11.9. The van der Waals surface area contributed by atoms with Gasteiger partial charge in [-0.2, -0.15) is 11.8 Å². The molecule has 0 N–H and O–H groups in total. The number of halogens is 3. The first-order chi connectivity index (χ1) is 5.58. The Morgan fingerprint density at radius 3 is 2.08 bits per heavy atom. The number of thioether (sulfide) groups is 1. The van der Waals surface area contributed by atoms with Gasteiger partial charge in [0, 0.05) is 5.25 Å². The standard InChI is InChI=1S/C7H13BF3S.K/c9-8(10,11)6-12-7-4-2-1-3-5-7;/h7H,1-6H2;/q-1;+1. The van der Waals surface area contributed by atoms with Crippen molar-refractivity contribution in [1.29, 1.82) is 0 Å². The molecule has 0 unspecified atom stereocenters. The third kappa shape index (κ3) is 7.73. The summed E-state index contributed by atoms with van der Waals surface area (Å²) in [5.74, 6) is 0. The van der Waals surface area contributed by atoms with Gasteiger partial charge in [-0.05, 0) is 18.5 Å². The van der Waals surface area contributed by atoms with Crippen LogP contribution in [0.4, 0.5) is 12.9 Å². The average Bonchev–Trinajstić information content (AvgIpc) is 2.02. The van der Waals surface area contributed by atoms with E-state index in [9.17, 15) is 12.9 Å². The summed E-state index contributed by atoms with van der Waals surface area (Å²) in [6.45, 7) is -4.57. The second kappa shape index (κ2) is 7.17. The fourth-order valence-corrected chi connectivity index (χ4v) is 2.63. The minimum absolute atomic E-state index is 0. The molecular weight excluding hydrogens is 223 g/mol. The zero-order valence-electron chi connectivity index (χ0n) is 7.94. The van der Waals surface area contributed by atoms with Crippen LogP contribution < -0.4 is 51.4 Å². The Bertz CT molecular complexity index is 136. The van der Waals surface area contributed by atoms with E-state index in [0.29, 0.717) is 0 Å². The molecule has 0 radical (unpaired) electrons. The first-order valence-electron chi connectivity index (χ1n) is 4.40. The minimum atomic E-state index is -4.57. The molecule has 0 atom stereocenters. The molecule has 0 saturated heterocycles. The van der Waals surface area contributed by atoms with Crippen LogP contribution in [0.25, 0.3) is 0 Å².